The van der Waals surface area contributed by atoms with Crippen LogP contribution in [0.4, 0.5) is 0 Å². The van der Waals surface area contributed by atoms with E-state index in [1.807, 2.05) is 24.4 Å². The Morgan fingerprint density at radius 2 is 2.20 bits per heavy atom. The van der Waals surface area contributed by atoms with Crippen LogP contribution in [0, 0.1) is 0 Å². The molecule has 0 saturated heterocycles. The molecule has 0 radical (unpaired) electrons. The van der Waals surface area contributed by atoms with E-state index in [2.05, 4.69) is 25.6 Å². The molecule has 1 aromatic carbocycles. The maximum absolute atomic E-state index is 6.00. The van der Waals surface area contributed by atoms with Crippen LogP contribution in [0.25, 0.3) is 22.3 Å². The van der Waals surface area contributed by atoms with Crippen LogP contribution in [-0.2, 0) is 0 Å². The maximum Gasteiger partial charge on any atom is 0.206 e. The second-order valence-electron chi connectivity index (χ2n) is 3.13. The summed E-state index contributed by atoms with van der Waals surface area (Å²) in [5, 5.41) is 15.5. The average Bonchev–Trinajstić information content (AvgIpc) is 2.86. The summed E-state index contributed by atoms with van der Waals surface area (Å²) >= 11 is 6.00. The van der Waals surface area contributed by atoms with Gasteiger partial charge in [-0.2, -0.15) is 5.21 Å². The second-order valence-corrected chi connectivity index (χ2v) is 3.57. The standard InChI is InChI=1S/C9H6ClN5/c10-6-3-5-1-2-11-8(5)7(4-6)9-12-14-15-13-9/h1-4,11H,(H,12,13,14,15). The molecule has 0 fully saturated rings. The number of nitrogens with zero attached hydrogens (tertiary/aromatic N) is 3. The topological polar surface area (TPSA) is 70.2 Å². The van der Waals surface area contributed by atoms with E-state index in [1.54, 1.807) is 0 Å². The molecule has 3 aromatic rings. The number of H-pyrrole nitrogens is 2. The van der Waals surface area contributed by atoms with Crippen molar-refractivity contribution in [1.82, 2.24) is 25.6 Å². The number of hydrogen-bond donors (Lipinski definition) is 2. The largest absolute Gasteiger partial charge is 0.361 e. The van der Waals surface area contributed by atoms with Gasteiger partial charge in [0.2, 0.25) is 5.82 Å². The zero-order valence-electron chi connectivity index (χ0n) is 7.53. The fraction of sp³-hybridized carbons (Fsp3) is 0. The highest BCUT2D eigenvalue weighted by Crippen LogP contribution is 2.28. The lowest BCUT2D eigenvalue weighted by molar-refractivity contribution is 0.881. The lowest BCUT2D eigenvalue weighted by Gasteiger charge is -1.98. The summed E-state index contributed by atoms with van der Waals surface area (Å²) in [4.78, 5) is 3.12. The van der Waals surface area contributed by atoms with Gasteiger partial charge in [0.05, 0.1) is 5.52 Å². The molecule has 2 aromatic heterocycles. The molecule has 2 heterocycles. The molecular formula is C9H6ClN5. The minimum atomic E-state index is 0.532. The van der Waals surface area contributed by atoms with Crippen molar-refractivity contribution < 1.29 is 0 Å². The highest BCUT2D eigenvalue weighted by atomic mass is 35.5. The monoisotopic (exact) mass is 219 g/mol. The fourth-order valence-corrected chi connectivity index (χ4v) is 1.81. The van der Waals surface area contributed by atoms with Crippen LogP contribution in [-0.4, -0.2) is 25.6 Å². The predicted octanol–water partition coefficient (Wildman–Crippen LogP) is 2.00. The quantitative estimate of drug-likeness (QED) is 0.658. The van der Waals surface area contributed by atoms with Gasteiger partial charge in [0.25, 0.3) is 0 Å². The molecule has 0 unspecified atom stereocenters. The van der Waals surface area contributed by atoms with Crippen LogP contribution in [0.5, 0.6) is 0 Å². The number of rotatable bonds is 1. The van der Waals surface area contributed by atoms with Crippen molar-refractivity contribution >= 4 is 22.5 Å². The first-order valence-electron chi connectivity index (χ1n) is 4.35. The Morgan fingerprint density at radius 1 is 1.27 bits per heavy atom. The summed E-state index contributed by atoms with van der Waals surface area (Å²) in [6.45, 7) is 0. The van der Waals surface area contributed by atoms with Crippen LogP contribution in [0.2, 0.25) is 5.02 Å². The summed E-state index contributed by atoms with van der Waals surface area (Å²) in [6.07, 6.45) is 1.85. The lowest BCUT2D eigenvalue weighted by atomic mass is 10.1. The predicted molar refractivity (Wildman–Crippen MR) is 56.5 cm³/mol. The van der Waals surface area contributed by atoms with Crippen LogP contribution < -0.4 is 0 Å². The normalized spacial score (nSPS) is 11.0. The molecule has 15 heavy (non-hydrogen) atoms. The number of halogens is 1. The minimum Gasteiger partial charge on any atom is -0.361 e. The molecular weight excluding hydrogens is 214 g/mol. The smallest absolute Gasteiger partial charge is 0.206 e. The number of fused-ring (bicyclic) bond motifs is 1. The van der Waals surface area contributed by atoms with Crippen molar-refractivity contribution in [3.05, 3.63) is 29.4 Å². The number of hydrogen-bond acceptors (Lipinski definition) is 3. The maximum atomic E-state index is 6.00. The molecule has 0 bridgehead atoms. The summed E-state index contributed by atoms with van der Waals surface area (Å²) in [5.41, 5.74) is 1.80. The molecule has 2 N–H and O–H groups in total. The van der Waals surface area contributed by atoms with Gasteiger partial charge in [0.15, 0.2) is 0 Å². The van der Waals surface area contributed by atoms with E-state index in [9.17, 15) is 0 Å². The fourth-order valence-electron chi connectivity index (χ4n) is 1.59. The van der Waals surface area contributed by atoms with Gasteiger partial charge in [-0.25, -0.2) is 0 Å². The van der Waals surface area contributed by atoms with E-state index in [0.29, 0.717) is 10.8 Å². The summed E-state index contributed by atoms with van der Waals surface area (Å²) < 4.78 is 0. The van der Waals surface area contributed by atoms with E-state index in [-0.39, 0.29) is 0 Å². The van der Waals surface area contributed by atoms with E-state index < -0.39 is 0 Å². The van der Waals surface area contributed by atoms with Crippen LogP contribution in [0.3, 0.4) is 0 Å². The Hall–Kier alpha value is -1.88. The van der Waals surface area contributed by atoms with Gasteiger partial charge in [0.1, 0.15) is 0 Å². The number of benzene rings is 1. The highest BCUT2D eigenvalue weighted by molar-refractivity contribution is 6.31. The number of nitrogens with one attached hydrogen (secondary N) is 2. The van der Waals surface area contributed by atoms with Crippen molar-refractivity contribution in [2.45, 2.75) is 0 Å². The van der Waals surface area contributed by atoms with Crippen molar-refractivity contribution in [2.24, 2.45) is 0 Å². The van der Waals surface area contributed by atoms with Gasteiger partial charge in [-0.1, -0.05) is 11.6 Å². The Labute approximate surface area is 89.5 Å². The zero-order chi connectivity index (χ0) is 10.3. The molecule has 0 amide bonds. The van der Waals surface area contributed by atoms with Gasteiger partial charge in [-0.15, -0.1) is 10.2 Å². The van der Waals surface area contributed by atoms with Gasteiger partial charge < -0.3 is 4.98 Å². The van der Waals surface area contributed by atoms with Crippen molar-refractivity contribution in [1.29, 1.82) is 0 Å². The first-order valence-corrected chi connectivity index (χ1v) is 4.73. The SMILES string of the molecule is Clc1cc(-c2nn[nH]n2)c2[nH]ccc2c1. The minimum absolute atomic E-state index is 0.532. The number of tetrazole rings is 1. The van der Waals surface area contributed by atoms with E-state index in [1.165, 1.54) is 0 Å². The Balaban J connectivity index is 2.38. The van der Waals surface area contributed by atoms with Crippen LogP contribution >= 0.6 is 11.6 Å². The Kier molecular flexibility index (Phi) is 1.72. The zero-order valence-corrected chi connectivity index (χ0v) is 8.28. The highest BCUT2D eigenvalue weighted by Gasteiger charge is 2.09. The van der Waals surface area contributed by atoms with Crippen molar-refractivity contribution in [2.75, 3.05) is 0 Å². The first-order chi connectivity index (χ1) is 7.34. The molecule has 0 spiro atoms. The molecule has 5 nitrogen and oxygen atoms in total. The summed E-state index contributed by atoms with van der Waals surface area (Å²) in [5.74, 6) is 0.532. The lowest BCUT2D eigenvalue weighted by Crippen LogP contribution is -1.83. The van der Waals surface area contributed by atoms with Crippen LogP contribution in [0.15, 0.2) is 24.4 Å². The third-order valence-corrected chi connectivity index (χ3v) is 2.43. The summed E-state index contributed by atoms with van der Waals surface area (Å²) in [6, 6.07) is 5.65. The Bertz CT molecular complexity index is 598. The third kappa shape index (κ3) is 1.28. The first kappa shape index (κ1) is 8.43. The summed E-state index contributed by atoms with van der Waals surface area (Å²) in [7, 11) is 0. The van der Waals surface area contributed by atoms with Gasteiger partial charge in [0, 0.05) is 22.2 Å². The van der Waals surface area contributed by atoms with E-state index >= 15 is 0 Å². The molecule has 0 aliphatic carbocycles. The van der Waals surface area contributed by atoms with Gasteiger partial charge >= 0.3 is 0 Å². The molecule has 0 atom stereocenters. The molecule has 6 heteroatoms. The molecule has 0 aliphatic heterocycles. The second kappa shape index (κ2) is 3.06. The van der Waals surface area contributed by atoms with E-state index in [0.717, 1.165) is 16.5 Å². The third-order valence-electron chi connectivity index (χ3n) is 2.21. The molecule has 0 saturated carbocycles. The molecule has 74 valence electrons. The van der Waals surface area contributed by atoms with Crippen molar-refractivity contribution in [3.8, 4) is 11.4 Å². The number of aromatic nitrogens is 5. The number of aromatic amines is 2. The van der Waals surface area contributed by atoms with Gasteiger partial charge in [-0.3, -0.25) is 0 Å². The Morgan fingerprint density at radius 3 is 3.00 bits per heavy atom. The van der Waals surface area contributed by atoms with Gasteiger partial charge in [-0.05, 0) is 23.4 Å². The average molecular weight is 220 g/mol. The van der Waals surface area contributed by atoms with Crippen LogP contribution in [0.1, 0.15) is 0 Å². The molecule has 0 aliphatic rings. The van der Waals surface area contributed by atoms with Crippen molar-refractivity contribution in [3.63, 3.8) is 0 Å². The van der Waals surface area contributed by atoms with E-state index in [4.69, 9.17) is 11.6 Å². The molecule has 3 rings (SSSR count).